The number of carbonyl (C=O) groups excluding carboxylic acids is 1. The van der Waals surface area contributed by atoms with E-state index in [0.717, 1.165) is 23.1 Å². The van der Waals surface area contributed by atoms with Crippen LogP contribution in [0.3, 0.4) is 0 Å². The van der Waals surface area contributed by atoms with E-state index in [-0.39, 0.29) is 22.8 Å². The predicted octanol–water partition coefficient (Wildman–Crippen LogP) is 5.04. The van der Waals surface area contributed by atoms with Crippen LogP contribution in [0.2, 0.25) is 0 Å². The molecule has 2 aromatic carbocycles. The van der Waals surface area contributed by atoms with Gasteiger partial charge in [-0.3, -0.25) is 9.69 Å². The van der Waals surface area contributed by atoms with Crippen molar-refractivity contribution in [2.45, 2.75) is 56.4 Å². The minimum Gasteiger partial charge on any atom is -0.497 e. The second-order valence-corrected chi connectivity index (χ2v) is 13.2. The van der Waals surface area contributed by atoms with Crippen LogP contribution in [-0.4, -0.2) is 63.1 Å². The van der Waals surface area contributed by atoms with Gasteiger partial charge in [0.05, 0.1) is 34.9 Å². The van der Waals surface area contributed by atoms with Gasteiger partial charge in [0.2, 0.25) is 15.9 Å². The molecule has 0 N–H and O–H groups in total. The molecule has 204 valence electrons. The maximum absolute atomic E-state index is 13.9. The Bertz CT molecular complexity index is 1370. The third-order valence-corrected chi connectivity index (χ3v) is 10.4. The Balaban J connectivity index is 1.35. The molecule has 0 bridgehead atoms. The molecular weight excluding hydrogens is 522 g/mol. The Kier molecular flexibility index (Phi) is 8.04. The minimum absolute atomic E-state index is 0.00662. The van der Waals surface area contributed by atoms with Crippen LogP contribution in [0.4, 0.5) is 5.13 Å². The number of fused-ring (bicyclic) bond motifs is 1. The lowest BCUT2D eigenvalue weighted by Crippen LogP contribution is -2.46. The van der Waals surface area contributed by atoms with Crippen LogP contribution in [-0.2, 0) is 19.6 Å². The molecule has 0 radical (unpaired) electrons. The smallest absolute Gasteiger partial charge is 0.243 e. The zero-order valence-corrected chi connectivity index (χ0v) is 23.8. The van der Waals surface area contributed by atoms with Crippen molar-refractivity contribution in [2.75, 3.05) is 38.3 Å². The normalized spacial score (nSPS) is 19.3. The van der Waals surface area contributed by atoms with Crippen molar-refractivity contribution < 1.29 is 22.7 Å². The number of anilines is 1. The second kappa shape index (κ2) is 11.3. The number of rotatable bonds is 8. The van der Waals surface area contributed by atoms with Gasteiger partial charge < -0.3 is 9.47 Å². The molecule has 0 aliphatic carbocycles. The van der Waals surface area contributed by atoms with E-state index < -0.39 is 10.0 Å². The van der Waals surface area contributed by atoms with Gasteiger partial charge in [-0.25, -0.2) is 13.4 Å². The summed E-state index contributed by atoms with van der Waals surface area (Å²) in [5.41, 5.74) is 2.12. The van der Waals surface area contributed by atoms with E-state index in [4.69, 9.17) is 14.5 Å². The molecule has 10 heteroatoms. The van der Waals surface area contributed by atoms with E-state index in [0.29, 0.717) is 55.9 Å². The molecule has 2 aliphatic rings. The van der Waals surface area contributed by atoms with Gasteiger partial charge in [0, 0.05) is 25.6 Å². The van der Waals surface area contributed by atoms with Gasteiger partial charge in [-0.05, 0) is 67.5 Å². The molecule has 3 heterocycles. The lowest BCUT2D eigenvalue weighted by molar-refractivity contribution is -0.123. The average Bonchev–Trinajstić information content (AvgIpc) is 3.61. The molecule has 0 saturated carbocycles. The van der Waals surface area contributed by atoms with Gasteiger partial charge in [0.25, 0.3) is 0 Å². The van der Waals surface area contributed by atoms with Crippen LogP contribution in [0.1, 0.15) is 51.0 Å². The number of ether oxygens (including phenoxy) is 2. The predicted molar refractivity (Wildman–Crippen MR) is 150 cm³/mol. The molecule has 0 spiro atoms. The Hall–Kier alpha value is -2.53. The van der Waals surface area contributed by atoms with Crippen LogP contribution in [0.15, 0.2) is 47.4 Å². The highest BCUT2D eigenvalue weighted by Crippen LogP contribution is 2.36. The van der Waals surface area contributed by atoms with Crippen molar-refractivity contribution in [1.29, 1.82) is 0 Å². The third-order valence-electron chi connectivity index (χ3n) is 7.47. The van der Waals surface area contributed by atoms with Gasteiger partial charge in [0.1, 0.15) is 5.75 Å². The molecule has 1 amide bonds. The number of methoxy groups -OCH3 is 1. The van der Waals surface area contributed by atoms with Crippen LogP contribution >= 0.6 is 11.3 Å². The number of nitrogens with zero attached hydrogens (tertiary/aromatic N) is 3. The number of para-hydroxylation sites is 1. The van der Waals surface area contributed by atoms with Crippen LogP contribution in [0.25, 0.3) is 10.2 Å². The molecular formula is C28H35N3O5S2. The maximum Gasteiger partial charge on any atom is 0.243 e. The first-order valence-corrected chi connectivity index (χ1v) is 15.5. The average molecular weight is 558 g/mol. The Morgan fingerprint density at radius 3 is 2.53 bits per heavy atom. The molecule has 2 fully saturated rings. The molecule has 8 nitrogen and oxygen atoms in total. The van der Waals surface area contributed by atoms with Crippen LogP contribution < -0.4 is 9.64 Å². The Morgan fingerprint density at radius 1 is 1.16 bits per heavy atom. The highest BCUT2D eigenvalue weighted by molar-refractivity contribution is 7.89. The van der Waals surface area contributed by atoms with Crippen molar-refractivity contribution in [3.8, 4) is 5.75 Å². The van der Waals surface area contributed by atoms with Crippen molar-refractivity contribution in [2.24, 2.45) is 5.92 Å². The number of hydrogen-bond donors (Lipinski definition) is 0. The molecule has 1 atom stereocenters. The number of aromatic nitrogens is 1. The quantitative estimate of drug-likeness (QED) is 0.386. The van der Waals surface area contributed by atoms with E-state index >= 15 is 0 Å². The van der Waals surface area contributed by atoms with Gasteiger partial charge in [-0.1, -0.05) is 37.3 Å². The second-order valence-electron chi connectivity index (χ2n) is 10.3. The molecule has 5 rings (SSSR count). The van der Waals surface area contributed by atoms with Crippen molar-refractivity contribution in [3.05, 3.63) is 48.0 Å². The third kappa shape index (κ3) is 5.45. The SMILES string of the molecule is COc1ccc(S(=O)(=O)N2CCC(C(=O)N(CC3CCCO3)c3nc4c(C(C)C)cccc4s3)CC2)cc1. The van der Waals surface area contributed by atoms with Gasteiger partial charge in [-0.2, -0.15) is 4.31 Å². The van der Waals surface area contributed by atoms with E-state index in [9.17, 15) is 13.2 Å². The standard InChI is InChI=1S/C28H35N3O5S2/c1-19(2)24-7-4-8-25-26(24)29-28(37-25)31(18-22-6-5-17-36-22)27(32)20-13-15-30(16-14-20)38(33,34)23-11-9-21(35-3)10-12-23/h4,7-12,19-20,22H,5-6,13-18H2,1-3H3. The first-order chi connectivity index (χ1) is 18.3. The molecule has 3 aromatic rings. The van der Waals surface area contributed by atoms with E-state index in [1.54, 1.807) is 31.4 Å². The topological polar surface area (TPSA) is 89.0 Å². The van der Waals surface area contributed by atoms with Gasteiger partial charge in [-0.15, -0.1) is 0 Å². The first-order valence-electron chi connectivity index (χ1n) is 13.2. The van der Waals surface area contributed by atoms with Crippen LogP contribution in [0.5, 0.6) is 5.75 Å². The molecule has 1 unspecified atom stereocenters. The fourth-order valence-electron chi connectivity index (χ4n) is 5.25. The number of piperidine rings is 1. The number of hydrogen-bond acceptors (Lipinski definition) is 7. The van der Waals surface area contributed by atoms with Gasteiger partial charge in [0.15, 0.2) is 5.13 Å². The first kappa shape index (κ1) is 27.1. The summed E-state index contributed by atoms with van der Waals surface area (Å²) >= 11 is 1.54. The summed E-state index contributed by atoms with van der Waals surface area (Å²) in [5, 5.41) is 0.696. The zero-order chi connectivity index (χ0) is 26.9. The molecule has 1 aromatic heterocycles. The summed E-state index contributed by atoms with van der Waals surface area (Å²) in [4.78, 5) is 20.9. The maximum atomic E-state index is 13.9. The fourth-order valence-corrected chi connectivity index (χ4v) is 7.74. The minimum atomic E-state index is -3.63. The summed E-state index contributed by atoms with van der Waals surface area (Å²) < 4.78 is 40.0. The molecule has 38 heavy (non-hydrogen) atoms. The molecule has 2 aliphatic heterocycles. The van der Waals surface area contributed by atoms with Crippen LogP contribution in [0, 0.1) is 5.92 Å². The number of amides is 1. The van der Waals surface area contributed by atoms with Crippen molar-refractivity contribution >= 4 is 42.6 Å². The van der Waals surface area contributed by atoms with Gasteiger partial charge >= 0.3 is 0 Å². The number of thiazole rings is 1. The number of sulfonamides is 1. The molecule has 2 saturated heterocycles. The van der Waals surface area contributed by atoms with E-state index in [1.165, 1.54) is 21.2 Å². The monoisotopic (exact) mass is 557 g/mol. The van der Waals surface area contributed by atoms with E-state index in [1.807, 2.05) is 11.0 Å². The largest absolute Gasteiger partial charge is 0.497 e. The summed E-state index contributed by atoms with van der Waals surface area (Å²) in [7, 11) is -2.09. The summed E-state index contributed by atoms with van der Waals surface area (Å²) in [6, 6.07) is 12.6. The summed E-state index contributed by atoms with van der Waals surface area (Å²) in [6.45, 7) is 6.09. The van der Waals surface area contributed by atoms with Crippen molar-refractivity contribution in [3.63, 3.8) is 0 Å². The Morgan fingerprint density at radius 2 is 1.89 bits per heavy atom. The number of benzene rings is 2. The lowest BCUT2D eigenvalue weighted by Gasteiger charge is -2.33. The van der Waals surface area contributed by atoms with Crippen molar-refractivity contribution in [1.82, 2.24) is 9.29 Å². The highest BCUT2D eigenvalue weighted by Gasteiger charge is 2.36. The summed E-state index contributed by atoms with van der Waals surface area (Å²) in [6.07, 6.45) is 2.85. The lowest BCUT2D eigenvalue weighted by atomic mass is 9.96. The Labute approximate surface area is 228 Å². The zero-order valence-electron chi connectivity index (χ0n) is 22.1. The fraction of sp³-hybridized carbons (Fsp3) is 0.500. The van der Waals surface area contributed by atoms with E-state index in [2.05, 4.69) is 26.0 Å². The number of carbonyl (C=O) groups is 1. The highest BCUT2D eigenvalue weighted by atomic mass is 32.2. The summed E-state index contributed by atoms with van der Waals surface area (Å²) in [5.74, 6) is 0.672.